The minimum Gasteiger partial charge on any atom is -0.380 e. The first-order chi connectivity index (χ1) is 11.0. The van der Waals surface area contributed by atoms with Crippen molar-refractivity contribution in [1.29, 1.82) is 0 Å². The Morgan fingerprint density at radius 2 is 2.26 bits per heavy atom. The van der Waals surface area contributed by atoms with Crippen LogP contribution in [0.15, 0.2) is 34.7 Å². The summed E-state index contributed by atoms with van der Waals surface area (Å²) in [5.74, 6) is 0.400. The molecule has 1 aliphatic heterocycles. The Morgan fingerprint density at radius 3 is 2.87 bits per heavy atom. The van der Waals surface area contributed by atoms with E-state index in [0.717, 1.165) is 18.8 Å². The Kier molecular flexibility index (Phi) is 4.91. The fourth-order valence-electron chi connectivity index (χ4n) is 2.58. The zero-order chi connectivity index (χ0) is 16.4. The highest BCUT2D eigenvalue weighted by Crippen LogP contribution is 2.29. The number of rotatable bonds is 5. The molecule has 3 rings (SSSR count). The van der Waals surface area contributed by atoms with Crippen LogP contribution < -0.4 is 10.6 Å². The lowest BCUT2D eigenvalue weighted by Crippen LogP contribution is -2.26. The van der Waals surface area contributed by atoms with Crippen LogP contribution in [0.4, 0.5) is 5.69 Å². The van der Waals surface area contributed by atoms with Gasteiger partial charge in [-0.05, 0) is 30.7 Å². The molecule has 2 aromatic rings. The maximum absolute atomic E-state index is 12.4. The molecule has 1 unspecified atom stereocenters. The molecule has 5 nitrogen and oxygen atoms in total. The van der Waals surface area contributed by atoms with Crippen molar-refractivity contribution in [3.05, 3.63) is 39.8 Å². The highest BCUT2D eigenvalue weighted by Gasteiger charge is 2.24. The van der Waals surface area contributed by atoms with E-state index < -0.39 is 9.84 Å². The number of aromatic nitrogens is 1. The van der Waals surface area contributed by atoms with Crippen molar-refractivity contribution >= 4 is 38.5 Å². The molecule has 23 heavy (non-hydrogen) atoms. The van der Waals surface area contributed by atoms with Gasteiger partial charge in [0.15, 0.2) is 9.84 Å². The Morgan fingerprint density at radius 1 is 1.43 bits per heavy atom. The van der Waals surface area contributed by atoms with E-state index >= 15 is 0 Å². The topological polar surface area (TPSA) is 71.1 Å². The molecule has 0 radical (unpaired) electrons. The van der Waals surface area contributed by atoms with Crippen LogP contribution in [0.25, 0.3) is 0 Å². The Balaban J connectivity index is 1.78. The van der Waals surface area contributed by atoms with Crippen molar-refractivity contribution in [2.75, 3.05) is 18.4 Å². The number of nitrogens with one attached hydrogen (secondary N) is 2. The first-order valence-electron chi connectivity index (χ1n) is 7.33. The van der Waals surface area contributed by atoms with E-state index in [1.165, 1.54) is 17.4 Å². The molecule has 0 bridgehead atoms. The van der Waals surface area contributed by atoms with E-state index in [1.54, 1.807) is 23.7 Å². The van der Waals surface area contributed by atoms with E-state index in [9.17, 15) is 8.42 Å². The number of sulfone groups is 1. The molecule has 8 heteroatoms. The maximum atomic E-state index is 12.4. The summed E-state index contributed by atoms with van der Waals surface area (Å²) < 4.78 is 24.9. The van der Waals surface area contributed by atoms with Crippen molar-refractivity contribution in [1.82, 2.24) is 10.3 Å². The number of benzene rings is 1. The highest BCUT2D eigenvalue weighted by atomic mass is 35.5. The van der Waals surface area contributed by atoms with Gasteiger partial charge in [-0.3, -0.25) is 0 Å². The zero-order valence-corrected chi connectivity index (χ0v) is 15.0. The third-order valence-electron chi connectivity index (χ3n) is 3.95. The van der Waals surface area contributed by atoms with Gasteiger partial charge < -0.3 is 10.6 Å². The monoisotopic (exact) mass is 371 g/mol. The van der Waals surface area contributed by atoms with Gasteiger partial charge in [-0.2, -0.15) is 0 Å². The summed E-state index contributed by atoms with van der Waals surface area (Å²) in [6.07, 6.45) is 1.60. The number of halogens is 1. The summed E-state index contributed by atoms with van der Waals surface area (Å²) in [6.45, 7) is 4.01. The second kappa shape index (κ2) is 6.76. The Labute approximate surface area is 145 Å². The molecule has 0 amide bonds. The molecule has 1 aliphatic rings. The fourth-order valence-corrected chi connectivity index (χ4v) is 5.16. The summed E-state index contributed by atoms with van der Waals surface area (Å²) in [5, 5.41) is 9.46. The van der Waals surface area contributed by atoms with Crippen LogP contribution in [-0.2, 0) is 15.6 Å². The molecular weight excluding hydrogens is 354 g/mol. The van der Waals surface area contributed by atoms with Crippen LogP contribution in [0.3, 0.4) is 0 Å². The lowest BCUT2D eigenvalue weighted by atomic mass is 10.1. The van der Waals surface area contributed by atoms with E-state index in [2.05, 4.69) is 22.5 Å². The van der Waals surface area contributed by atoms with E-state index in [0.29, 0.717) is 22.0 Å². The second-order valence-electron chi connectivity index (χ2n) is 5.71. The van der Waals surface area contributed by atoms with Gasteiger partial charge in [-0.1, -0.05) is 18.5 Å². The third kappa shape index (κ3) is 3.85. The predicted octanol–water partition coefficient (Wildman–Crippen LogP) is 2.79. The molecule has 1 aromatic carbocycles. The molecule has 2 heterocycles. The van der Waals surface area contributed by atoms with Gasteiger partial charge in [-0.25, -0.2) is 13.4 Å². The number of anilines is 1. The molecule has 0 spiro atoms. The molecular formula is C15H18ClN3O2S2. The average molecular weight is 372 g/mol. The first kappa shape index (κ1) is 16.7. The van der Waals surface area contributed by atoms with Gasteiger partial charge in [0.1, 0.15) is 10.8 Å². The second-order valence-corrected chi connectivity index (χ2v) is 9.09. The summed E-state index contributed by atoms with van der Waals surface area (Å²) >= 11 is 7.61. The lowest BCUT2D eigenvalue weighted by Gasteiger charge is -2.19. The standard InChI is InChI=1S/C15H18ClN3O2S2/c1-10-7-17-8-14(10)19-13-3-2-11(6-12(13)16)23(20,21)9-15-18-4-5-22-15/h2-6,10,14,17,19H,7-9H2,1H3/t10-,14?/m1/s1. The van der Waals surface area contributed by atoms with Crippen LogP contribution in [0, 0.1) is 5.92 Å². The number of hydrogen-bond acceptors (Lipinski definition) is 6. The van der Waals surface area contributed by atoms with Gasteiger partial charge in [0, 0.05) is 24.2 Å². The molecule has 0 aliphatic carbocycles. The molecule has 1 aromatic heterocycles. The largest absolute Gasteiger partial charge is 0.380 e. The van der Waals surface area contributed by atoms with Crippen molar-refractivity contribution in [3.63, 3.8) is 0 Å². The summed E-state index contributed by atoms with van der Waals surface area (Å²) in [4.78, 5) is 4.25. The van der Waals surface area contributed by atoms with Crippen LogP contribution in [0.1, 0.15) is 11.9 Å². The highest BCUT2D eigenvalue weighted by molar-refractivity contribution is 7.90. The first-order valence-corrected chi connectivity index (χ1v) is 10.2. The third-order valence-corrected chi connectivity index (χ3v) is 6.86. The van der Waals surface area contributed by atoms with Gasteiger partial charge in [0.05, 0.1) is 15.6 Å². The molecule has 1 fully saturated rings. The minimum atomic E-state index is -3.44. The number of thiazole rings is 1. The van der Waals surface area contributed by atoms with Gasteiger partial charge in [0.2, 0.25) is 0 Å². The Bertz CT molecular complexity index is 778. The molecule has 1 saturated heterocycles. The van der Waals surface area contributed by atoms with Crippen molar-refractivity contribution in [2.24, 2.45) is 5.92 Å². The van der Waals surface area contributed by atoms with Crippen LogP contribution in [0.2, 0.25) is 5.02 Å². The average Bonchev–Trinajstić information content (AvgIpc) is 3.13. The maximum Gasteiger partial charge on any atom is 0.184 e. The minimum absolute atomic E-state index is 0.0999. The number of nitrogens with zero attached hydrogens (tertiary/aromatic N) is 1. The van der Waals surface area contributed by atoms with E-state index in [4.69, 9.17) is 11.6 Å². The normalized spacial score (nSPS) is 21.5. The molecule has 2 atom stereocenters. The lowest BCUT2D eigenvalue weighted by molar-refractivity contribution is 0.593. The van der Waals surface area contributed by atoms with Gasteiger partial charge in [-0.15, -0.1) is 11.3 Å². The van der Waals surface area contributed by atoms with E-state index in [-0.39, 0.29) is 10.6 Å². The van der Waals surface area contributed by atoms with E-state index in [1.807, 2.05) is 0 Å². The SMILES string of the molecule is C[C@@H]1CNCC1Nc1ccc(S(=O)(=O)Cc2nccs2)cc1Cl. The zero-order valence-electron chi connectivity index (χ0n) is 12.6. The van der Waals surface area contributed by atoms with Crippen molar-refractivity contribution in [2.45, 2.75) is 23.6 Å². The van der Waals surface area contributed by atoms with Crippen molar-refractivity contribution in [3.8, 4) is 0 Å². The fraction of sp³-hybridized carbons (Fsp3) is 0.400. The number of hydrogen-bond donors (Lipinski definition) is 2. The molecule has 0 saturated carbocycles. The summed E-state index contributed by atoms with van der Waals surface area (Å²) in [6, 6.07) is 5.15. The van der Waals surface area contributed by atoms with Crippen LogP contribution in [0.5, 0.6) is 0 Å². The van der Waals surface area contributed by atoms with Crippen LogP contribution >= 0.6 is 22.9 Å². The van der Waals surface area contributed by atoms with Gasteiger partial charge in [0.25, 0.3) is 0 Å². The van der Waals surface area contributed by atoms with Crippen LogP contribution in [-0.4, -0.2) is 32.5 Å². The summed E-state index contributed by atoms with van der Waals surface area (Å²) in [7, 11) is -3.44. The quantitative estimate of drug-likeness (QED) is 0.845. The summed E-state index contributed by atoms with van der Waals surface area (Å²) in [5.41, 5.74) is 0.764. The molecule has 2 N–H and O–H groups in total. The van der Waals surface area contributed by atoms with Gasteiger partial charge >= 0.3 is 0 Å². The molecule has 124 valence electrons. The predicted molar refractivity (Wildman–Crippen MR) is 93.9 cm³/mol. The Hall–Kier alpha value is -1.15. The smallest absolute Gasteiger partial charge is 0.184 e. The van der Waals surface area contributed by atoms with Crippen molar-refractivity contribution < 1.29 is 8.42 Å².